The van der Waals surface area contributed by atoms with Gasteiger partial charge in [0.25, 0.3) is 0 Å². The van der Waals surface area contributed by atoms with Crippen LogP contribution in [0.5, 0.6) is 5.75 Å². The molecular formula is C31H56N2O3S. The minimum Gasteiger partial charge on any atom is -0.508 e. The molecule has 5 atom stereocenters. The van der Waals surface area contributed by atoms with Crippen molar-refractivity contribution in [3.8, 4) is 5.75 Å². The number of hydrogen-bond acceptors (Lipinski definition) is 5. The SMILES string of the molecule is CC.CC(C)(C=O)NSCc1ccccc1O.CC1CC2CC(CC(C)(C(N)=O)C2)C1C.CCC(C)C. The van der Waals surface area contributed by atoms with Crippen LogP contribution in [0.3, 0.4) is 0 Å². The molecular weight excluding hydrogens is 480 g/mol. The molecule has 3 rings (SSSR count). The van der Waals surface area contributed by atoms with Crippen molar-refractivity contribution in [1.82, 2.24) is 4.72 Å². The molecule has 2 fully saturated rings. The van der Waals surface area contributed by atoms with Crippen LogP contribution in [0.4, 0.5) is 0 Å². The Bertz CT molecular complexity index is 796. The van der Waals surface area contributed by atoms with E-state index in [1.165, 1.54) is 31.2 Å². The molecule has 0 spiro atoms. The van der Waals surface area contributed by atoms with Crippen molar-refractivity contribution in [2.45, 2.75) is 113 Å². The average Bonchev–Trinajstić information content (AvgIpc) is 2.85. The van der Waals surface area contributed by atoms with E-state index in [0.29, 0.717) is 5.75 Å². The van der Waals surface area contributed by atoms with E-state index in [0.717, 1.165) is 54.3 Å². The van der Waals surface area contributed by atoms with E-state index >= 15 is 0 Å². The van der Waals surface area contributed by atoms with Gasteiger partial charge in [-0.2, -0.15) is 0 Å². The monoisotopic (exact) mass is 536 g/mol. The molecule has 0 saturated heterocycles. The van der Waals surface area contributed by atoms with Gasteiger partial charge in [0.2, 0.25) is 5.91 Å². The molecule has 0 radical (unpaired) electrons. The van der Waals surface area contributed by atoms with Gasteiger partial charge in [-0.25, -0.2) is 0 Å². The predicted octanol–water partition coefficient (Wildman–Crippen LogP) is 7.76. The molecule has 1 aromatic carbocycles. The highest BCUT2D eigenvalue weighted by Crippen LogP contribution is 2.52. The van der Waals surface area contributed by atoms with Gasteiger partial charge in [-0.3, -0.25) is 9.52 Å². The maximum atomic E-state index is 11.5. The molecule has 0 heterocycles. The zero-order valence-corrected chi connectivity index (χ0v) is 26.1. The topological polar surface area (TPSA) is 92.4 Å². The van der Waals surface area contributed by atoms with Crippen molar-refractivity contribution >= 4 is 24.1 Å². The number of benzene rings is 1. The summed E-state index contributed by atoms with van der Waals surface area (Å²) in [5, 5.41) is 9.49. The molecule has 5 unspecified atom stereocenters. The third kappa shape index (κ3) is 12.7. The van der Waals surface area contributed by atoms with Crippen molar-refractivity contribution in [3.63, 3.8) is 0 Å². The molecule has 2 aliphatic carbocycles. The summed E-state index contributed by atoms with van der Waals surface area (Å²) in [5.41, 5.74) is 5.65. The van der Waals surface area contributed by atoms with E-state index in [9.17, 15) is 14.7 Å². The first-order valence-electron chi connectivity index (χ1n) is 14.2. The summed E-state index contributed by atoms with van der Waals surface area (Å²) in [6.45, 7) is 21.0. The van der Waals surface area contributed by atoms with Crippen molar-refractivity contribution in [1.29, 1.82) is 0 Å². The van der Waals surface area contributed by atoms with E-state index < -0.39 is 5.54 Å². The summed E-state index contributed by atoms with van der Waals surface area (Å²) in [6.07, 6.45) is 6.83. The minimum absolute atomic E-state index is 0.0843. The summed E-state index contributed by atoms with van der Waals surface area (Å²) in [4.78, 5) is 22.1. The van der Waals surface area contributed by atoms with E-state index in [1.54, 1.807) is 26.0 Å². The van der Waals surface area contributed by atoms with Gasteiger partial charge in [-0.05, 0) is 75.2 Å². The van der Waals surface area contributed by atoms with Crippen LogP contribution in [0.1, 0.15) is 107 Å². The lowest BCUT2D eigenvalue weighted by Crippen LogP contribution is -2.46. The molecule has 5 nitrogen and oxygen atoms in total. The van der Waals surface area contributed by atoms with Crippen LogP contribution >= 0.6 is 11.9 Å². The Labute approximate surface area is 232 Å². The van der Waals surface area contributed by atoms with Crippen molar-refractivity contribution in [3.05, 3.63) is 29.8 Å². The first-order chi connectivity index (χ1) is 17.2. The highest BCUT2D eigenvalue weighted by molar-refractivity contribution is 7.96. The molecule has 214 valence electrons. The second-order valence-electron chi connectivity index (χ2n) is 11.9. The number of rotatable bonds is 7. The van der Waals surface area contributed by atoms with E-state index in [2.05, 4.69) is 46.3 Å². The first-order valence-corrected chi connectivity index (χ1v) is 15.1. The zero-order chi connectivity index (χ0) is 28.8. The van der Waals surface area contributed by atoms with Gasteiger partial charge in [0.05, 0.1) is 5.54 Å². The second kappa shape index (κ2) is 17.1. The number of phenols is 1. The summed E-state index contributed by atoms with van der Waals surface area (Å²) < 4.78 is 3.02. The van der Waals surface area contributed by atoms with E-state index in [4.69, 9.17) is 5.73 Å². The lowest BCUT2D eigenvalue weighted by atomic mass is 9.56. The number of carbonyl (C=O) groups is 2. The molecule has 0 aliphatic heterocycles. The number of aldehydes is 1. The highest BCUT2D eigenvalue weighted by Gasteiger charge is 2.46. The van der Waals surface area contributed by atoms with Gasteiger partial charge in [-0.1, -0.05) is 92.0 Å². The maximum Gasteiger partial charge on any atom is 0.223 e. The number of hydrogen-bond donors (Lipinski definition) is 3. The number of nitrogens with two attached hydrogens (primary N) is 1. The van der Waals surface area contributed by atoms with Crippen LogP contribution in [0, 0.1) is 35.0 Å². The Morgan fingerprint density at radius 3 is 2.27 bits per heavy atom. The van der Waals surface area contributed by atoms with Crippen LogP contribution in [0.2, 0.25) is 0 Å². The van der Waals surface area contributed by atoms with Crippen LogP contribution in [-0.4, -0.2) is 22.8 Å². The summed E-state index contributed by atoms with van der Waals surface area (Å²) in [6, 6.07) is 7.17. The Balaban J connectivity index is 0.000000563. The lowest BCUT2D eigenvalue weighted by molar-refractivity contribution is -0.133. The molecule has 2 saturated carbocycles. The van der Waals surface area contributed by atoms with Crippen LogP contribution in [0.15, 0.2) is 24.3 Å². The van der Waals surface area contributed by atoms with E-state index in [1.807, 2.05) is 26.0 Å². The summed E-state index contributed by atoms with van der Waals surface area (Å²) in [7, 11) is 0. The smallest absolute Gasteiger partial charge is 0.223 e. The maximum absolute atomic E-state index is 11.5. The Morgan fingerprint density at radius 2 is 1.78 bits per heavy atom. The first kappa shape index (κ1) is 35.5. The van der Waals surface area contributed by atoms with Crippen molar-refractivity contribution in [2.75, 3.05) is 0 Å². The fraction of sp³-hybridized carbons (Fsp3) is 0.742. The summed E-state index contributed by atoms with van der Waals surface area (Å²) in [5.74, 6) is 4.78. The van der Waals surface area contributed by atoms with Crippen LogP contribution in [0.25, 0.3) is 0 Å². The van der Waals surface area contributed by atoms with Gasteiger partial charge in [-0.15, -0.1) is 0 Å². The van der Waals surface area contributed by atoms with Gasteiger partial charge in [0.15, 0.2) is 0 Å². The fourth-order valence-corrected chi connectivity index (χ4v) is 5.73. The lowest BCUT2D eigenvalue weighted by Gasteiger charge is -2.49. The molecule has 0 aromatic heterocycles. The van der Waals surface area contributed by atoms with Crippen LogP contribution < -0.4 is 10.5 Å². The molecule has 2 aliphatic rings. The molecule has 2 bridgehead atoms. The highest BCUT2D eigenvalue weighted by atomic mass is 32.2. The molecule has 1 amide bonds. The van der Waals surface area contributed by atoms with Gasteiger partial charge in [0.1, 0.15) is 12.0 Å². The number of carbonyl (C=O) groups excluding carboxylic acids is 2. The Hall–Kier alpha value is -1.53. The number of nitrogens with one attached hydrogen (secondary N) is 1. The minimum atomic E-state index is -0.533. The van der Waals surface area contributed by atoms with E-state index in [-0.39, 0.29) is 17.1 Å². The number of amides is 1. The van der Waals surface area contributed by atoms with Crippen molar-refractivity contribution < 1.29 is 14.7 Å². The zero-order valence-electron chi connectivity index (χ0n) is 25.3. The predicted molar refractivity (Wildman–Crippen MR) is 160 cm³/mol. The molecule has 37 heavy (non-hydrogen) atoms. The Kier molecular flexibility index (Phi) is 16.4. The number of para-hydroxylation sites is 1. The third-order valence-corrected chi connectivity index (χ3v) is 8.82. The van der Waals surface area contributed by atoms with Crippen LogP contribution in [-0.2, 0) is 15.3 Å². The average molecular weight is 537 g/mol. The summed E-state index contributed by atoms with van der Waals surface area (Å²) >= 11 is 1.41. The Morgan fingerprint density at radius 1 is 1.22 bits per heavy atom. The standard InChI is InChI=1S/C13H23NO.C11H15NO2S.C5H12.C2H6/c1-8-4-10-5-11(9(8)2)7-13(3,6-10)12(14)15;1-11(2,8-13)12-15-7-9-5-3-4-6-10(9)14;1-4-5(2)3;1-2/h8-11H,4-7H2,1-3H3,(H2,14,15);3-6,8,12,14H,7H2,1-2H3;5H,4H2,1-3H3;1-2H3. The van der Waals surface area contributed by atoms with Gasteiger partial charge in [0, 0.05) is 16.7 Å². The van der Waals surface area contributed by atoms with Crippen molar-refractivity contribution in [2.24, 2.45) is 40.7 Å². The fourth-order valence-electron chi connectivity index (χ4n) is 4.84. The normalized spacial score (nSPS) is 26.4. The van der Waals surface area contributed by atoms with Gasteiger partial charge < -0.3 is 15.6 Å². The largest absolute Gasteiger partial charge is 0.508 e. The third-order valence-electron chi connectivity index (χ3n) is 7.69. The molecule has 4 N–H and O–H groups in total. The molecule has 6 heteroatoms. The number of aromatic hydroxyl groups is 1. The van der Waals surface area contributed by atoms with Gasteiger partial charge >= 0.3 is 0 Å². The second-order valence-corrected chi connectivity index (χ2v) is 12.7. The quantitative estimate of drug-likeness (QED) is 0.245. The number of phenolic OH excluding ortho intramolecular Hbond substituents is 1. The number of fused-ring (bicyclic) bond motifs is 2. The number of primary amides is 1. The molecule has 1 aromatic rings.